The highest BCUT2D eigenvalue weighted by atomic mass is 35.5. The molecule has 0 aliphatic rings. The first kappa shape index (κ1) is 11.7. The number of rotatable bonds is 4. The SMILES string of the molecule is Cc1ccc(C(C(N)=O)C(Cl)[C]=O)cc1. The Balaban J connectivity index is 3.04. The number of hydrogen-bond donors (Lipinski definition) is 1. The normalized spacial score (nSPS) is 14.3. The molecule has 0 fully saturated rings. The Morgan fingerprint density at radius 3 is 2.33 bits per heavy atom. The van der Waals surface area contributed by atoms with Gasteiger partial charge in [0.1, 0.15) is 5.38 Å². The van der Waals surface area contributed by atoms with E-state index in [1.807, 2.05) is 19.1 Å². The summed E-state index contributed by atoms with van der Waals surface area (Å²) in [7, 11) is 0. The van der Waals surface area contributed by atoms with Crippen LogP contribution in [0.1, 0.15) is 17.0 Å². The Kier molecular flexibility index (Phi) is 3.86. The van der Waals surface area contributed by atoms with E-state index in [4.69, 9.17) is 17.3 Å². The summed E-state index contributed by atoms with van der Waals surface area (Å²) in [5.74, 6) is -1.44. The molecule has 4 heteroatoms. The van der Waals surface area contributed by atoms with Crippen LogP contribution in [0.25, 0.3) is 0 Å². The third-order valence-electron chi connectivity index (χ3n) is 2.15. The Morgan fingerprint density at radius 1 is 1.40 bits per heavy atom. The van der Waals surface area contributed by atoms with Gasteiger partial charge in [-0.3, -0.25) is 9.59 Å². The van der Waals surface area contributed by atoms with E-state index in [0.717, 1.165) is 5.56 Å². The van der Waals surface area contributed by atoms with Crippen LogP contribution >= 0.6 is 11.6 Å². The number of carbonyl (C=O) groups excluding carboxylic acids is 2. The van der Waals surface area contributed by atoms with Gasteiger partial charge in [-0.15, -0.1) is 11.6 Å². The van der Waals surface area contributed by atoms with Gasteiger partial charge in [0.05, 0.1) is 5.92 Å². The van der Waals surface area contributed by atoms with Crippen molar-refractivity contribution in [2.45, 2.75) is 18.2 Å². The van der Waals surface area contributed by atoms with Crippen molar-refractivity contribution in [1.82, 2.24) is 0 Å². The monoisotopic (exact) mass is 224 g/mol. The molecule has 1 aromatic rings. The highest BCUT2D eigenvalue weighted by molar-refractivity contribution is 6.29. The summed E-state index contributed by atoms with van der Waals surface area (Å²) in [6, 6.07) is 7.13. The van der Waals surface area contributed by atoms with Crippen LogP contribution in [0, 0.1) is 6.92 Å². The number of aryl methyl sites for hydroxylation is 1. The molecule has 0 aromatic heterocycles. The van der Waals surface area contributed by atoms with E-state index in [2.05, 4.69) is 0 Å². The summed E-state index contributed by atoms with van der Waals surface area (Å²) in [5, 5.41) is -1.04. The van der Waals surface area contributed by atoms with Crippen molar-refractivity contribution in [3.8, 4) is 0 Å². The first-order valence-corrected chi connectivity index (χ1v) is 4.87. The maximum atomic E-state index is 11.1. The first-order chi connectivity index (χ1) is 7.06. The molecule has 0 aliphatic heterocycles. The molecule has 0 bridgehead atoms. The fourth-order valence-electron chi connectivity index (χ4n) is 1.32. The van der Waals surface area contributed by atoms with Gasteiger partial charge in [-0.25, -0.2) is 0 Å². The third kappa shape index (κ3) is 2.80. The van der Waals surface area contributed by atoms with Crippen LogP contribution in [0.5, 0.6) is 0 Å². The Hall–Kier alpha value is -1.35. The van der Waals surface area contributed by atoms with E-state index in [1.165, 1.54) is 0 Å². The molecule has 2 atom stereocenters. The molecule has 1 amide bonds. The second-order valence-electron chi connectivity index (χ2n) is 3.31. The molecule has 1 rings (SSSR count). The molecular formula is C11H11ClNO2. The Bertz CT molecular complexity index is 361. The molecule has 2 unspecified atom stereocenters. The standard InChI is InChI=1S/C11H11ClNO2/c1-7-2-4-8(5-3-7)10(11(13)15)9(12)6-14/h2-5,9-10H,1H3,(H2,13,15). The van der Waals surface area contributed by atoms with Crippen molar-refractivity contribution >= 4 is 23.8 Å². The Labute approximate surface area is 93.2 Å². The summed E-state index contributed by atoms with van der Waals surface area (Å²) in [6.07, 6.45) is 1.57. The summed E-state index contributed by atoms with van der Waals surface area (Å²) in [4.78, 5) is 21.6. The molecule has 0 aliphatic carbocycles. The molecule has 3 nitrogen and oxygen atoms in total. The predicted octanol–water partition coefficient (Wildman–Crippen LogP) is 1.28. The highest BCUT2D eigenvalue weighted by Gasteiger charge is 2.26. The molecule has 79 valence electrons. The van der Waals surface area contributed by atoms with Crippen LogP contribution in [0.4, 0.5) is 0 Å². The lowest BCUT2D eigenvalue weighted by Crippen LogP contribution is -2.29. The summed E-state index contributed by atoms with van der Waals surface area (Å²) in [6.45, 7) is 1.92. The lowest BCUT2D eigenvalue weighted by Gasteiger charge is -2.14. The molecule has 0 spiro atoms. The molecule has 1 aromatic carbocycles. The van der Waals surface area contributed by atoms with Gasteiger partial charge in [-0.2, -0.15) is 0 Å². The first-order valence-electron chi connectivity index (χ1n) is 4.44. The average molecular weight is 225 g/mol. The maximum absolute atomic E-state index is 11.1. The van der Waals surface area contributed by atoms with E-state index in [-0.39, 0.29) is 0 Å². The minimum Gasteiger partial charge on any atom is -0.369 e. The number of amides is 1. The molecule has 1 radical (unpaired) electrons. The highest BCUT2D eigenvalue weighted by Crippen LogP contribution is 2.22. The van der Waals surface area contributed by atoms with E-state index >= 15 is 0 Å². The zero-order valence-corrected chi connectivity index (χ0v) is 8.99. The second kappa shape index (κ2) is 4.94. The van der Waals surface area contributed by atoms with Crippen LogP contribution < -0.4 is 5.73 Å². The zero-order chi connectivity index (χ0) is 11.4. The average Bonchev–Trinajstić information content (AvgIpc) is 2.20. The van der Waals surface area contributed by atoms with E-state index in [0.29, 0.717) is 5.56 Å². The quantitative estimate of drug-likeness (QED) is 0.784. The van der Waals surface area contributed by atoms with Crippen molar-refractivity contribution < 1.29 is 9.59 Å². The number of primary amides is 1. The van der Waals surface area contributed by atoms with Crippen molar-refractivity contribution in [2.24, 2.45) is 5.73 Å². The van der Waals surface area contributed by atoms with Crippen molar-refractivity contribution in [1.29, 1.82) is 0 Å². The van der Waals surface area contributed by atoms with Gasteiger partial charge in [0, 0.05) is 0 Å². The van der Waals surface area contributed by atoms with Crippen LogP contribution in [0.3, 0.4) is 0 Å². The number of halogens is 1. The molecule has 0 saturated heterocycles. The summed E-state index contributed by atoms with van der Waals surface area (Å²) in [5.41, 5.74) is 6.88. The van der Waals surface area contributed by atoms with Crippen LogP contribution in [-0.4, -0.2) is 17.6 Å². The number of alkyl halides is 1. The lowest BCUT2D eigenvalue weighted by molar-refractivity contribution is -0.119. The smallest absolute Gasteiger partial charge is 0.226 e. The number of benzene rings is 1. The van der Waals surface area contributed by atoms with Gasteiger partial charge < -0.3 is 5.73 Å². The van der Waals surface area contributed by atoms with Crippen molar-refractivity contribution in [2.75, 3.05) is 0 Å². The molecule has 0 saturated carbocycles. The van der Waals surface area contributed by atoms with Gasteiger partial charge in [-0.1, -0.05) is 29.8 Å². The van der Waals surface area contributed by atoms with Crippen LogP contribution in [-0.2, 0) is 9.59 Å². The van der Waals surface area contributed by atoms with Crippen molar-refractivity contribution in [3.63, 3.8) is 0 Å². The third-order valence-corrected chi connectivity index (χ3v) is 2.49. The number of carbonyl (C=O) groups is 1. The molecule has 2 N–H and O–H groups in total. The van der Waals surface area contributed by atoms with E-state index in [1.54, 1.807) is 18.4 Å². The van der Waals surface area contributed by atoms with Crippen LogP contribution in [0.15, 0.2) is 24.3 Å². The number of nitrogens with two attached hydrogens (primary N) is 1. The second-order valence-corrected chi connectivity index (χ2v) is 3.78. The molecule has 15 heavy (non-hydrogen) atoms. The number of hydrogen-bond acceptors (Lipinski definition) is 2. The summed E-state index contributed by atoms with van der Waals surface area (Å²) < 4.78 is 0. The van der Waals surface area contributed by atoms with Gasteiger partial charge in [0.15, 0.2) is 0 Å². The van der Waals surface area contributed by atoms with Gasteiger partial charge in [-0.05, 0) is 12.5 Å². The van der Waals surface area contributed by atoms with E-state index < -0.39 is 17.2 Å². The predicted molar refractivity (Wildman–Crippen MR) is 58.4 cm³/mol. The van der Waals surface area contributed by atoms with E-state index in [9.17, 15) is 9.59 Å². The lowest BCUT2D eigenvalue weighted by atomic mass is 9.94. The summed E-state index contributed by atoms with van der Waals surface area (Å²) >= 11 is 5.68. The van der Waals surface area contributed by atoms with Gasteiger partial charge in [0.25, 0.3) is 0 Å². The minimum atomic E-state index is -1.04. The fraction of sp³-hybridized carbons (Fsp3) is 0.273. The van der Waals surface area contributed by atoms with Gasteiger partial charge >= 0.3 is 0 Å². The Morgan fingerprint density at radius 2 is 1.93 bits per heavy atom. The minimum absolute atomic E-state index is 0.623. The fourth-order valence-corrected chi connectivity index (χ4v) is 1.59. The van der Waals surface area contributed by atoms with Gasteiger partial charge in [0.2, 0.25) is 12.2 Å². The topological polar surface area (TPSA) is 60.2 Å². The van der Waals surface area contributed by atoms with Crippen LogP contribution in [0.2, 0.25) is 0 Å². The molecular weight excluding hydrogens is 214 g/mol. The maximum Gasteiger partial charge on any atom is 0.226 e. The van der Waals surface area contributed by atoms with Crippen molar-refractivity contribution in [3.05, 3.63) is 35.4 Å². The zero-order valence-electron chi connectivity index (χ0n) is 8.24. The largest absolute Gasteiger partial charge is 0.369 e. The molecule has 0 heterocycles.